The summed E-state index contributed by atoms with van der Waals surface area (Å²) < 4.78 is 31.5. The van der Waals surface area contributed by atoms with E-state index in [4.69, 9.17) is 4.74 Å². The second-order valence-corrected chi connectivity index (χ2v) is 8.19. The molecule has 2 aromatic rings. The first-order valence-electron chi connectivity index (χ1n) is 9.13. The summed E-state index contributed by atoms with van der Waals surface area (Å²) in [7, 11) is -3.82. The summed E-state index contributed by atoms with van der Waals surface area (Å²) in [6, 6.07) is 11.9. The number of sulfonamides is 1. The van der Waals surface area contributed by atoms with Crippen molar-refractivity contribution in [2.24, 2.45) is 0 Å². The van der Waals surface area contributed by atoms with Crippen LogP contribution in [0.3, 0.4) is 0 Å². The Kier molecular flexibility index (Phi) is 7.48. The van der Waals surface area contributed by atoms with Gasteiger partial charge in [0.25, 0.3) is 0 Å². The maximum Gasteiger partial charge on any atom is 0.321 e. The Hall–Kier alpha value is -2.51. The number of hydrogen-bond donors (Lipinski definition) is 1. The normalized spacial score (nSPS) is 11.2. The van der Waals surface area contributed by atoms with Crippen molar-refractivity contribution in [3.05, 3.63) is 64.7 Å². The highest BCUT2D eigenvalue weighted by Crippen LogP contribution is 2.15. The molecule has 2 aromatic carbocycles. The van der Waals surface area contributed by atoms with Gasteiger partial charge in [-0.2, -0.15) is 4.72 Å². The summed E-state index contributed by atoms with van der Waals surface area (Å²) in [6.45, 7) is 4.82. The molecule has 6 nitrogen and oxygen atoms in total. The molecule has 0 heterocycles. The number of Topliss-reactive ketones (excluding diaryl/α,β-unsaturated/α-hetero) is 1. The summed E-state index contributed by atoms with van der Waals surface area (Å²) in [6.07, 6.45) is 1.49. The molecule has 0 fully saturated rings. The molecule has 0 spiro atoms. The molecule has 0 aliphatic heterocycles. The van der Waals surface area contributed by atoms with E-state index in [-0.39, 0.29) is 10.7 Å². The topological polar surface area (TPSA) is 89.5 Å². The molecule has 0 bridgehead atoms. The molecule has 0 saturated heterocycles. The summed E-state index contributed by atoms with van der Waals surface area (Å²) in [4.78, 5) is 24.4. The molecular weight excluding hydrogens is 378 g/mol. The van der Waals surface area contributed by atoms with Gasteiger partial charge in [-0.1, -0.05) is 43.7 Å². The highest BCUT2D eigenvalue weighted by atomic mass is 32.2. The Balaban J connectivity index is 1.93. The van der Waals surface area contributed by atoms with Crippen LogP contribution in [-0.4, -0.2) is 33.3 Å². The molecule has 0 aliphatic carbocycles. The van der Waals surface area contributed by atoms with Crippen LogP contribution in [0.2, 0.25) is 0 Å². The van der Waals surface area contributed by atoms with E-state index in [9.17, 15) is 18.0 Å². The van der Waals surface area contributed by atoms with Crippen molar-refractivity contribution in [1.29, 1.82) is 0 Å². The summed E-state index contributed by atoms with van der Waals surface area (Å²) in [5.74, 6) is -1.12. The largest absolute Gasteiger partial charge is 0.456 e. The average molecular weight is 404 g/mol. The van der Waals surface area contributed by atoms with Crippen molar-refractivity contribution in [3.63, 3.8) is 0 Å². The fourth-order valence-electron chi connectivity index (χ4n) is 2.64. The monoisotopic (exact) mass is 403 g/mol. The predicted molar refractivity (Wildman–Crippen MR) is 107 cm³/mol. The lowest BCUT2D eigenvalue weighted by Crippen LogP contribution is -2.31. The van der Waals surface area contributed by atoms with Gasteiger partial charge in [-0.05, 0) is 49.1 Å². The molecule has 150 valence electrons. The number of benzene rings is 2. The van der Waals surface area contributed by atoms with Crippen LogP contribution in [0.4, 0.5) is 0 Å². The smallest absolute Gasteiger partial charge is 0.321 e. The van der Waals surface area contributed by atoms with Crippen molar-refractivity contribution in [3.8, 4) is 0 Å². The molecule has 2 rings (SSSR count). The number of nitrogens with one attached hydrogen (secondary N) is 1. The van der Waals surface area contributed by atoms with Crippen LogP contribution >= 0.6 is 0 Å². The number of hydrogen-bond acceptors (Lipinski definition) is 5. The maximum absolute atomic E-state index is 12.4. The molecule has 28 heavy (non-hydrogen) atoms. The van der Waals surface area contributed by atoms with E-state index in [0.29, 0.717) is 12.0 Å². The van der Waals surface area contributed by atoms with Crippen LogP contribution in [0, 0.1) is 6.92 Å². The maximum atomic E-state index is 12.4. The van der Waals surface area contributed by atoms with E-state index < -0.39 is 29.1 Å². The molecule has 1 N–H and O–H groups in total. The molecule has 0 unspecified atom stereocenters. The molecular formula is C21H25NO5S. The lowest BCUT2D eigenvalue weighted by Gasteiger charge is -2.10. The molecule has 7 heteroatoms. The SMILES string of the molecule is CCc1ccc(CC)c(C(=O)COC(=O)CNS(=O)(=O)c2ccc(C)cc2)c1. The van der Waals surface area contributed by atoms with E-state index in [0.717, 1.165) is 23.1 Å². The summed E-state index contributed by atoms with van der Waals surface area (Å²) >= 11 is 0. The zero-order valence-electron chi connectivity index (χ0n) is 16.3. The van der Waals surface area contributed by atoms with Crippen LogP contribution in [0.5, 0.6) is 0 Å². The average Bonchev–Trinajstić information content (AvgIpc) is 2.70. The van der Waals surface area contributed by atoms with Crippen molar-refractivity contribution in [2.45, 2.75) is 38.5 Å². The highest BCUT2D eigenvalue weighted by molar-refractivity contribution is 7.89. The second kappa shape index (κ2) is 9.61. The molecule has 0 aromatic heterocycles. The van der Waals surface area contributed by atoms with Crippen LogP contribution in [-0.2, 0) is 32.4 Å². The highest BCUT2D eigenvalue weighted by Gasteiger charge is 2.18. The van der Waals surface area contributed by atoms with E-state index in [1.807, 2.05) is 39.0 Å². The number of ether oxygens (including phenoxy) is 1. The van der Waals surface area contributed by atoms with Crippen LogP contribution in [0.15, 0.2) is 47.4 Å². The van der Waals surface area contributed by atoms with E-state index in [1.54, 1.807) is 12.1 Å². The number of aryl methyl sites for hydroxylation is 3. The van der Waals surface area contributed by atoms with Gasteiger partial charge >= 0.3 is 5.97 Å². The van der Waals surface area contributed by atoms with Crippen LogP contribution in [0.25, 0.3) is 0 Å². The number of ketones is 1. The minimum absolute atomic E-state index is 0.0611. The molecule has 0 aliphatic rings. The molecule has 0 atom stereocenters. The standard InChI is InChI=1S/C21H25NO5S/c1-4-16-8-9-17(5-2)19(12-16)20(23)14-27-21(24)13-22-28(25,26)18-10-6-15(3)7-11-18/h6-12,22H,4-5,13-14H2,1-3H3. The lowest BCUT2D eigenvalue weighted by molar-refractivity contribution is -0.141. The third-order valence-electron chi connectivity index (χ3n) is 4.37. The van der Waals surface area contributed by atoms with Gasteiger partial charge in [-0.15, -0.1) is 0 Å². The number of carbonyl (C=O) groups excluding carboxylic acids is 2. The van der Waals surface area contributed by atoms with Gasteiger partial charge in [0.2, 0.25) is 15.8 Å². The Bertz CT molecular complexity index is 949. The van der Waals surface area contributed by atoms with Crippen molar-refractivity contribution in [1.82, 2.24) is 4.72 Å². The van der Waals surface area contributed by atoms with E-state index in [1.165, 1.54) is 12.1 Å². The van der Waals surface area contributed by atoms with Gasteiger partial charge in [0.05, 0.1) is 4.90 Å². The van der Waals surface area contributed by atoms with E-state index >= 15 is 0 Å². The van der Waals surface area contributed by atoms with Crippen molar-refractivity contribution >= 4 is 21.8 Å². The number of esters is 1. The van der Waals surface area contributed by atoms with Crippen molar-refractivity contribution < 1.29 is 22.7 Å². The quantitative estimate of drug-likeness (QED) is 0.514. The van der Waals surface area contributed by atoms with E-state index in [2.05, 4.69) is 4.72 Å². The Morgan fingerprint density at radius 1 is 1.00 bits per heavy atom. The third kappa shape index (κ3) is 5.74. The Morgan fingerprint density at radius 3 is 2.29 bits per heavy atom. The second-order valence-electron chi connectivity index (χ2n) is 6.42. The first kappa shape index (κ1) is 21.8. The van der Waals surface area contributed by atoms with Gasteiger partial charge in [-0.25, -0.2) is 8.42 Å². The first-order chi connectivity index (χ1) is 13.3. The van der Waals surface area contributed by atoms with Gasteiger partial charge in [0.15, 0.2) is 6.61 Å². The van der Waals surface area contributed by atoms with Crippen LogP contribution in [0.1, 0.15) is 40.9 Å². The zero-order valence-corrected chi connectivity index (χ0v) is 17.1. The minimum atomic E-state index is -3.82. The minimum Gasteiger partial charge on any atom is -0.456 e. The first-order valence-corrected chi connectivity index (χ1v) is 10.6. The summed E-state index contributed by atoms with van der Waals surface area (Å²) in [5, 5.41) is 0. The number of rotatable bonds is 9. The fourth-order valence-corrected chi connectivity index (χ4v) is 3.61. The van der Waals surface area contributed by atoms with Crippen LogP contribution < -0.4 is 4.72 Å². The Labute approximate surface area is 166 Å². The summed E-state index contributed by atoms with van der Waals surface area (Å²) in [5.41, 5.74) is 3.38. The predicted octanol–water partition coefficient (Wildman–Crippen LogP) is 2.82. The molecule has 0 amide bonds. The third-order valence-corrected chi connectivity index (χ3v) is 5.78. The Morgan fingerprint density at radius 2 is 1.68 bits per heavy atom. The molecule has 0 saturated carbocycles. The van der Waals surface area contributed by atoms with Gasteiger partial charge in [-0.3, -0.25) is 9.59 Å². The number of carbonyl (C=O) groups is 2. The lowest BCUT2D eigenvalue weighted by atomic mass is 9.98. The van der Waals surface area contributed by atoms with Gasteiger partial charge in [0.1, 0.15) is 6.54 Å². The van der Waals surface area contributed by atoms with Gasteiger partial charge in [0, 0.05) is 5.56 Å². The van der Waals surface area contributed by atoms with Crippen molar-refractivity contribution in [2.75, 3.05) is 13.2 Å². The molecule has 0 radical (unpaired) electrons. The zero-order chi connectivity index (χ0) is 20.7. The fraction of sp³-hybridized carbons (Fsp3) is 0.333. The van der Waals surface area contributed by atoms with Gasteiger partial charge < -0.3 is 4.74 Å².